The van der Waals surface area contributed by atoms with Gasteiger partial charge in [0.1, 0.15) is 33.9 Å². The maximum absolute atomic E-state index is 4.52. The monoisotopic (exact) mass is 483 g/mol. The number of benzene rings is 1. The van der Waals surface area contributed by atoms with Crippen molar-refractivity contribution in [2.75, 3.05) is 0 Å². The molecule has 0 spiro atoms. The number of hydrogen-bond acceptors (Lipinski definition) is 1. The Morgan fingerprint density at radius 2 is 1.31 bits per heavy atom. The normalized spacial score (nSPS) is 16.7. The van der Waals surface area contributed by atoms with Crippen LogP contribution in [-0.2, 0) is 25.2 Å². The summed E-state index contributed by atoms with van der Waals surface area (Å²) in [5.41, 5.74) is 12.2. The number of fused-ring (bicyclic) bond motifs is 5. The fourth-order valence-corrected chi connectivity index (χ4v) is 6.56. The van der Waals surface area contributed by atoms with Crippen molar-refractivity contribution in [3.05, 3.63) is 70.2 Å². The van der Waals surface area contributed by atoms with Crippen molar-refractivity contribution in [2.45, 2.75) is 80.3 Å². The molecule has 0 fully saturated rings. The van der Waals surface area contributed by atoms with Crippen LogP contribution < -0.4 is 9.13 Å². The SMILES string of the molecule is CC1=C(C)C(C)(C)n2c(C)c(C)[n+](C)c21.Cc1c(C)[n+](C)c2n1C(C)(C)c1cc3cccnc3cc1-2. The Bertz CT molecular complexity index is 1600. The highest BCUT2D eigenvalue weighted by atomic mass is 15.2. The Morgan fingerprint density at radius 1 is 0.750 bits per heavy atom. The fraction of sp³-hybridized carbons (Fsp3) is 0.452. The smallest absolute Gasteiger partial charge is 0.256 e. The molecular formula is C31H41N5+2. The van der Waals surface area contributed by atoms with Crippen molar-refractivity contribution >= 4 is 16.5 Å². The number of nitrogens with zero attached hydrogens (tertiary/aromatic N) is 5. The molecular weight excluding hydrogens is 442 g/mol. The quantitative estimate of drug-likeness (QED) is 0.295. The lowest BCUT2D eigenvalue weighted by molar-refractivity contribution is -0.679. The van der Waals surface area contributed by atoms with Crippen LogP contribution in [0.25, 0.3) is 27.9 Å². The van der Waals surface area contributed by atoms with Gasteiger partial charge in [-0.2, -0.15) is 0 Å². The van der Waals surface area contributed by atoms with Crippen LogP contribution in [0.2, 0.25) is 0 Å². The second kappa shape index (κ2) is 7.64. The number of aromatic nitrogens is 5. The lowest BCUT2D eigenvalue weighted by Crippen LogP contribution is -2.34. The first kappa shape index (κ1) is 24.5. The Balaban J connectivity index is 0.000000157. The molecule has 3 aromatic heterocycles. The molecule has 6 rings (SSSR count). The van der Waals surface area contributed by atoms with E-state index in [1.165, 1.54) is 62.1 Å². The largest absolute Gasteiger partial charge is 0.290 e. The molecule has 0 N–H and O–H groups in total. The van der Waals surface area contributed by atoms with Crippen LogP contribution in [0, 0.1) is 27.7 Å². The highest BCUT2D eigenvalue weighted by Crippen LogP contribution is 2.45. The molecule has 0 bridgehead atoms. The first-order valence-electron chi connectivity index (χ1n) is 13.0. The summed E-state index contributed by atoms with van der Waals surface area (Å²) in [6.45, 7) is 22.5. The minimum absolute atomic E-state index is 0.0230. The first-order chi connectivity index (χ1) is 16.7. The van der Waals surface area contributed by atoms with Gasteiger partial charge in [-0.3, -0.25) is 4.98 Å². The summed E-state index contributed by atoms with van der Waals surface area (Å²) in [6, 6.07) is 8.69. The molecule has 0 amide bonds. The molecule has 36 heavy (non-hydrogen) atoms. The predicted octanol–water partition coefficient (Wildman–Crippen LogP) is 5.71. The summed E-state index contributed by atoms with van der Waals surface area (Å²) in [7, 11) is 4.31. The topological polar surface area (TPSA) is 30.5 Å². The summed E-state index contributed by atoms with van der Waals surface area (Å²) >= 11 is 0. The predicted molar refractivity (Wildman–Crippen MR) is 147 cm³/mol. The Morgan fingerprint density at radius 3 is 1.89 bits per heavy atom. The maximum Gasteiger partial charge on any atom is 0.290 e. The van der Waals surface area contributed by atoms with Gasteiger partial charge in [-0.1, -0.05) is 6.07 Å². The molecule has 5 nitrogen and oxygen atoms in total. The molecule has 4 aromatic rings. The van der Waals surface area contributed by atoms with Crippen LogP contribution in [0.15, 0.2) is 36.0 Å². The van der Waals surface area contributed by atoms with E-state index >= 15 is 0 Å². The van der Waals surface area contributed by atoms with Crippen molar-refractivity contribution in [1.29, 1.82) is 0 Å². The molecule has 5 heteroatoms. The van der Waals surface area contributed by atoms with E-state index in [0.29, 0.717) is 0 Å². The zero-order valence-corrected chi connectivity index (χ0v) is 24.1. The van der Waals surface area contributed by atoms with Gasteiger partial charge in [0.25, 0.3) is 11.6 Å². The van der Waals surface area contributed by atoms with Crippen LogP contribution >= 0.6 is 0 Å². The van der Waals surface area contributed by atoms with E-state index in [2.05, 4.69) is 125 Å². The average molecular weight is 484 g/mol. The van der Waals surface area contributed by atoms with E-state index in [9.17, 15) is 0 Å². The summed E-state index contributed by atoms with van der Waals surface area (Å²) in [4.78, 5) is 4.52. The number of hydrogen-bond donors (Lipinski definition) is 0. The molecule has 0 saturated carbocycles. The molecule has 0 radical (unpaired) electrons. The molecule has 0 saturated heterocycles. The van der Waals surface area contributed by atoms with Gasteiger partial charge in [0.15, 0.2) is 0 Å². The van der Waals surface area contributed by atoms with Crippen LogP contribution in [-0.4, -0.2) is 14.1 Å². The lowest BCUT2D eigenvalue weighted by Gasteiger charge is -2.19. The van der Waals surface area contributed by atoms with E-state index in [0.717, 1.165) is 5.52 Å². The average Bonchev–Trinajstić information content (AvgIpc) is 3.38. The van der Waals surface area contributed by atoms with Crippen molar-refractivity contribution in [1.82, 2.24) is 14.1 Å². The van der Waals surface area contributed by atoms with Gasteiger partial charge in [-0.05, 0) is 65.3 Å². The Hall–Kier alpha value is -3.21. The van der Waals surface area contributed by atoms with Crippen molar-refractivity contribution in [3.8, 4) is 11.4 Å². The van der Waals surface area contributed by atoms with Gasteiger partial charge in [0.2, 0.25) is 0 Å². The molecule has 188 valence electrons. The second-order valence-electron chi connectivity index (χ2n) is 11.7. The molecule has 0 unspecified atom stereocenters. The molecule has 0 atom stereocenters. The molecule has 5 heterocycles. The summed E-state index contributed by atoms with van der Waals surface area (Å²) in [6.07, 6.45) is 1.87. The fourth-order valence-electron chi connectivity index (χ4n) is 6.56. The van der Waals surface area contributed by atoms with Crippen LogP contribution in [0.1, 0.15) is 75.7 Å². The third-order valence-corrected chi connectivity index (χ3v) is 9.36. The zero-order chi connectivity index (χ0) is 26.5. The molecule has 2 aliphatic heterocycles. The second-order valence-corrected chi connectivity index (χ2v) is 11.7. The van der Waals surface area contributed by atoms with Gasteiger partial charge in [-0.15, -0.1) is 0 Å². The number of pyridine rings is 1. The van der Waals surface area contributed by atoms with Gasteiger partial charge in [0.05, 0.1) is 25.2 Å². The van der Waals surface area contributed by atoms with Crippen LogP contribution in [0.5, 0.6) is 0 Å². The van der Waals surface area contributed by atoms with E-state index in [1.54, 1.807) is 0 Å². The summed E-state index contributed by atoms with van der Waals surface area (Å²) in [5, 5.41) is 1.21. The van der Waals surface area contributed by atoms with Gasteiger partial charge < -0.3 is 0 Å². The number of imidazole rings is 2. The third-order valence-electron chi connectivity index (χ3n) is 9.36. The van der Waals surface area contributed by atoms with Crippen LogP contribution in [0.4, 0.5) is 0 Å². The maximum atomic E-state index is 4.52. The first-order valence-corrected chi connectivity index (χ1v) is 13.0. The van der Waals surface area contributed by atoms with E-state index in [4.69, 9.17) is 0 Å². The highest BCUT2D eigenvalue weighted by molar-refractivity contribution is 5.86. The zero-order valence-electron chi connectivity index (χ0n) is 24.1. The van der Waals surface area contributed by atoms with Crippen LogP contribution in [0.3, 0.4) is 0 Å². The van der Waals surface area contributed by atoms with E-state index < -0.39 is 0 Å². The van der Waals surface area contributed by atoms with Crippen molar-refractivity contribution in [3.63, 3.8) is 0 Å². The van der Waals surface area contributed by atoms with Gasteiger partial charge >= 0.3 is 0 Å². The summed E-state index contributed by atoms with van der Waals surface area (Å²) in [5.74, 6) is 2.66. The Kier molecular flexibility index (Phi) is 5.20. The van der Waals surface area contributed by atoms with Crippen molar-refractivity contribution < 1.29 is 9.13 Å². The summed E-state index contributed by atoms with van der Waals surface area (Å²) < 4.78 is 9.54. The van der Waals surface area contributed by atoms with Crippen molar-refractivity contribution in [2.24, 2.45) is 14.1 Å². The molecule has 0 aliphatic carbocycles. The van der Waals surface area contributed by atoms with E-state index in [-0.39, 0.29) is 11.1 Å². The minimum Gasteiger partial charge on any atom is -0.256 e. The molecule has 1 aromatic carbocycles. The Labute approximate surface area is 215 Å². The van der Waals surface area contributed by atoms with Gasteiger partial charge in [0, 0.05) is 50.4 Å². The van der Waals surface area contributed by atoms with E-state index in [1.807, 2.05) is 12.3 Å². The minimum atomic E-state index is -0.0230. The number of rotatable bonds is 0. The highest BCUT2D eigenvalue weighted by Gasteiger charge is 2.46. The standard InChI is InChI=1S/C18H20N3.C13H21N2/c1-11-12(2)21-17(20(11)5)14-10-16-13(7-6-8-19-16)9-15(14)18(21,3)4;1-8-9(2)13(5,6)15-11(4)10(3)14(7)12(8)15/h6-10H,1-5H3;1-7H3/q2*+1. The third kappa shape index (κ3) is 2.98. The molecule has 2 aliphatic rings. The number of allylic oxidation sites excluding steroid dienone is 2. The van der Waals surface area contributed by atoms with Gasteiger partial charge in [-0.25, -0.2) is 18.3 Å². The lowest BCUT2D eigenvalue weighted by atomic mass is 9.91.